The van der Waals surface area contributed by atoms with E-state index in [9.17, 15) is 9.90 Å². The van der Waals surface area contributed by atoms with Crippen LogP contribution in [0.1, 0.15) is 36.7 Å². The van der Waals surface area contributed by atoms with E-state index in [1.54, 1.807) is 19.1 Å². The van der Waals surface area contributed by atoms with E-state index in [1.807, 2.05) is 6.92 Å². The van der Waals surface area contributed by atoms with E-state index in [0.717, 1.165) is 0 Å². The number of amides is 2. The lowest BCUT2D eigenvalue weighted by atomic mass is 10.1. The Morgan fingerprint density at radius 2 is 2.29 bits per heavy atom. The van der Waals surface area contributed by atoms with Gasteiger partial charge < -0.3 is 24.6 Å². The number of furan rings is 1. The van der Waals surface area contributed by atoms with Crippen LogP contribution in [0.3, 0.4) is 0 Å². The number of aliphatic hydroxyl groups excluding tert-OH is 1. The van der Waals surface area contributed by atoms with Gasteiger partial charge in [0.2, 0.25) is 0 Å². The first kappa shape index (κ1) is 15.1. The molecule has 0 fully saturated rings. The quantitative estimate of drug-likeness (QED) is 0.755. The molecule has 7 heteroatoms. The molecule has 0 aliphatic carbocycles. The molecule has 21 heavy (non-hydrogen) atoms. The Labute approximate surface area is 122 Å². The topological polar surface area (TPSA) is 101 Å². The Hall–Kier alpha value is -2.28. The third kappa shape index (κ3) is 4.35. The van der Waals surface area contributed by atoms with Crippen molar-refractivity contribution in [3.05, 3.63) is 42.0 Å². The fourth-order valence-electron chi connectivity index (χ4n) is 1.93. The minimum Gasteiger partial charge on any atom is -0.467 e. The Kier molecular flexibility index (Phi) is 4.99. The van der Waals surface area contributed by atoms with Crippen LogP contribution in [-0.2, 0) is 6.54 Å². The number of hydrogen-bond acceptors (Lipinski definition) is 5. The second-order valence-electron chi connectivity index (χ2n) is 4.85. The molecule has 0 bridgehead atoms. The van der Waals surface area contributed by atoms with Gasteiger partial charge in [0.1, 0.15) is 23.3 Å². The van der Waals surface area contributed by atoms with E-state index in [0.29, 0.717) is 30.2 Å². The molecule has 0 aliphatic heterocycles. The molecule has 0 saturated heterocycles. The largest absolute Gasteiger partial charge is 0.467 e. The van der Waals surface area contributed by atoms with Gasteiger partial charge in [-0.1, -0.05) is 0 Å². The number of nitrogens with one attached hydrogen (secondary N) is 2. The summed E-state index contributed by atoms with van der Waals surface area (Å²) in [5.41, 5.74) is 0.688. The first-order chi connectivity index (χ1) is 10.1. The molecule has 2 heterocycles. The first-order valence-electron chi connectivity index (χ1n) is 6.71. The molecule has 0 spiro atoms. The third-order valence-corrected chi connectivity index (χ3v) is 3.09. The predicted molar refractivity (Wildman–Crippen MR) is 74.4 cm³/mol. The van der Waals surface area contributed by atoms with Crippen LogP contribution >= 0.6 is 0 Å². The van der Waals surface area contributed by atoms with Crippen molar-refractivity contribution in [3.63, 3.8) is 0 Å². The molecule has 0 aliphatic rings. The van der Waals surface area contributed by atoms with E-state index in [2.05, 4.69) is 15.6 Å². The van der Waals surface area contributed by atoms with Crippen LogP contribution in [0, 0.1) is 6.92 Å². The molecule has 7 nitrogen and oxygen atoms in total. The standard InChI is InChI=1S/C14H19N3O4/c1-9(6-12(18)13-4-3-5-20-13)17-14(19)15-7-11-10(2)21-8-16-11/h3-5,8-9,12,18H,6-7H2,1-2H3,(H2,15,17,19). The van der Waals surface area contributed by atoms with Crippen molar-refractivity contribution in [1.29, 1.82) is 0 Å². The molecule has 2 rings (SSSR count). The fourth-order valence-corrected chi connectivity index (χ4v) is 1.93. The average molecular weight is 293 g/mol. The summed E-state index contributed by atoms with van der Waals surface area (Å²) in [7, 11) is 0. The minimum atomic E-state index is -0.743. The van der Waals surface area contributed by atoms with E-state index >= 15 is 0 Å². The maximum Gasteiger partial charge on any atom is 0.315 e. The molecule has 0 radical (unpaired) electrons. The maximum absolute atomic E-state index is 11.7. The van der Waals surface area contributed by atoms with Gasteiger partial charge in [0.15, 0.2) is 6.39 Å². The second kappa shape index (κ2) is 6.94. The molecule has 0 aromatic carbocycles. The molecule has 114 valence electrons. The zero-order valence-corrected chi connectivity index (χ0v) is 12.0. The number of nitrogens with zero attached hydrogens (tertiary/aromatic N) is 1. The van der Waals surface area contributed by atoms with Gasteiger partial charge in [-0.15, -0.1) is 0 Å². The number of aliphatic hydroxyl groups is 1. The molecule has 2 atom stereocenters. The van der Waals surface area contributed by atoms with Crippen molar-refractivity contribution in [2.45, 2.75) is 39.0 Å². The summed E-state index contributed by atoms with van der Waals surface area (Å²) in [6.45, 7) is 3.89. The molecular weight excluding hydrogens is 274 g/mol. The summed E-state index contributed by atoms with van der Waals surface area (Å²) in [4.78, 5) is 15.7. The predicted octanol–water partition coefficient (Wildman–Crippen LogP) is 1.89. The monoisotopic (exact) mass is 293 g/mol. The number of carbonyl (C=O) groups is 1. The number of aryl methyl sites for hydroxylation is 1. The number of carbonyl (C=O) groups excluding carboxylic acids is 1. The van der Waals surface area contributed by atoms with Crippen LogP contribution < -0.4 is 10.6 Å². The van der Waals surface area contributed by atoms with Crippen LogP contribution in [0.5, 0.6) is 0 Å². The molecule has 2 aromatic heterocycles. The van der Waals surface area contributed by atoms with Crippen LogP contribution in [0.15, 0.2) is 33.6 Å². The summed E-state index contributed by atoms with van der Waals surface area (Å²) in [6, 6.07) is 2.88. The number of oxazole rings is 1. The summed E-state index contributed by atoms with van der Waals surface area (Å²) in [5, 5.41) is 15.4. The van der Waals surface area contributed by atoms with Crippen molar-refractivity contribution in [2.75, 3.05) is 0 Å². The van der Waals surface area contributed by atoms with Gasteiger partial charge in [-0.25, -0.2) is 9.78 Å². The van der Waals surface area contributed by atoms with Gasteiger partial charge in [0, 0.05) is 12.5 Å². The van der Waals surface area contributed by atoms with Gasteiger partial charge >= 0.3 is 6.03 Å². The highest BCUT2D eigenvalue weighted by molar-refractivity contribution is 5.74. The molecule has 3 N–H and O–H groups in total. The first-order valence-corrected chi connectivity index (χ1v) is 6.71. The Balaban J connectivity index is 1.73. The normalized spacial score (nSPS) is 13.7. The minimum absolute atomic E-state index is 0.205. The van der Waals surface area contributed by atoms with Crippen molar-refractivity contribution in [3.8, 4) is 0 Å². The van der Waals surface area contributed by atoms with Crippen molar-refractivity contribution >= 4 is 6.03 Å². The van der Waals surface area contributed by atoms with Crippen molar-refractivity contribution < 1.29 is 18.7 Å². The lowest BCUT2D eigenvalue weighted by Gasteiger charge is -2.17. The molecule has 2 amide bonds. The highest BCUT2D eigenvalue weighted by Crippen LogP contribution is 2.18. The van der Waals surface area contributed by atoms with Crippen LogP contribution in [0.4, 0.5) is 4.79 Å². The van der Waals surface area contributed by atoms with Crippen LogP contribution in [0.2, 0.25) is 0 Å². The molecule has 2 aromatic rings. The zero-order chi connectivity index (χ0) is 15.2. The SMILES string of the molecule is Cc1ocnc1CNC(=O)NC(C)CC(O)c1ccco1. The lowest BCUT2D eigenvalue weighted by molar-refractivity contribution is 0.129. The smallest absolute Gasteiger partial charge is 0.315 e. The zero-order valence-electron chi connectivity index (χ0n) is 12.0. The Morgan fingerprint density at radius 3 is 2.90 bits per heavy atom. The summed E-state index contributed by atoms with van der Waals surface area (Å²) in [5.74, 6) is 1.17. The summed E-state index contributed by atoms with van der Waals surface area (Å²) < 4.78 is 10.2. The number of aromatic nitrogens is 1. The number of urea groups is 1. The fraction of sp³-hybridized carbons (Fsp3) is 0.429. The Morgan fingerprint density at radius 1 is 1.48 bits per heavy atom. The molecule has 2 unspecified atom stereocenters. The van der Waals surface area contributed by atoms with E-state index < -0.39 is 6.10 Å². The summed E-state index contributed by atoms with van der Waals surface area (Å²) in [6.07, 6.45) is 2.47. The molecular formula is C14H19N3O4. The number of hydrogen-bond donors (Lipinski definition) is 3. The maximum atomic E-state index is 11.7. The average Bonchev–Trinajstić information content (AvgIpc) is 3.07. The number of rotatable bonds is 6. The molecule has 0 saturated carbocycles. The second-order valence-corrected chi connectivity index (χ2v) is 4.85. The highest BCUT2D eigenvalue weighted by Gasteiger charge is 2.16. The Bertz CT molecular complexity index is 565. The third-order valence-electron chi connectivity index (χ3n) is 3.09. The van der Waals surface area contributed by atoms with E-state index in [1.165, 1.54) is 12.7 Å². The van der Waals surface area contributed by atoms with Crippen molar-refractivity contribution in [1.82, 2.24) is 15.6 Å². The van der Waals surface area contributed by atoms with Gasteiger partial charge in [0.25, 0.3) is 0 Å². The van der Waals surface area contributed by atoms with E-state index in [-0.39, 0.29) is 12.1 Å². The van der Waals surface area contributed by atoms with Crippen LogP contribution in [0.25, 0.3) is 0 Å². The summed E-state index contributed by atoms with van der Waals surface area (Å²) >= 11 is 0. The van der Waals surface area contributed by atoms with Crippen molar-refractivity contribution in [2.24, 2.45) is 0 Å². The highest BCUT2D eigenvalue weighted by atomic mass is 16.4. The lowest BCUT2D eigenvalue weighted by Crippen LogP contribution is -2.41. The van der Waals surface area contributed by atoms with Gasteiger partial charge in [0.05, 0.1) is 12.8 Å². The van der Waals surface area contributed by atoms with Crippen LogP contribution in [-0.4, -0.2) is 22.2 Å². The van der Waals surface area contributed by atoms with Gasteiger partial charge in [-0.3, -0.25) is 0 Å². The van der Waals surface area contributed by atoms with E-state index in [4.69, 9.17) is 8.83 Å². The van der Waals surface area contributed by atoms with Gasteiger partial charge in [-0.05, 0) is 26.0 Å². The van der Waals surface area contributed by atoms with Gasteiger partial charge in [-0.2, -0.15) is 0 Å².